The van der Waals surface area contributed by atoms with E-state index in [2.05, 4.69) is 16.4 Å². The second-order valence-corrected chi connectivity index (χ2v) is 3.59. The van der Waals surface area contributed by atoms with Crippen molar-refractivity contribution in [3.63, 3.8) is 0 Å². The lowest BCUT2D eigenvalue weighted by Gasteiger charge is -1.94. The largest absolute Gasteiger partial charge is 0.324 e. The highest BCUT2D eigenvalue weighted by atomic mass is 15.4. The molecular formula is C9H14N4. The van der Waals surface area contributed by atoms with Crippen molar-refractivity contribution in [3.8, 4) is 0 Å². The van der Waals surface area contributed by atoms with Crippen LogP contribution in [0.15, 0.2) is 17.8 Å². The molecular weight excluding hydrogens is 164 g/mol. The number of aryl methyl sites for hydroxylation is 1. The highest BCUT2D eigenvalue weighted by Crippen LogP contribution is 2.19. The maximum Gasteiger partial charge on any atom is 0.0867 e. The van der Waals surface area contributed by atoms with Crippen molar-refractivity contribution in [2.75, 3.05) is 0 Å². The summed E-state index contributed by atoms with van der Waals surface area (Å²) in [5, 5.41) is 7.92. The fourth-order valence-corrected chi connectivity index (χ4v) is 1.68. The Morgan fingerprint density at radius 2 is 2.54 bits per heavy atom. The zero-order valence-electron chi connectivity index (χ0n) is 7.77. The highest BCUT2D eigenvalue weighted by Gasteiger charge is 2.12. The smallest absolute Gasteiger partial charge is 0.0867 e. The van der Waals surface area contributed by atoms with Crippen LogP contribution in [-0.4, -0.2) is 21.0 Å². The molecule has 1 atom stereocenters. The van der Waals surface area contributed by atoms with E-state index in [1.165, 1.54) is 5.57 Å². The van der Waals surface area contributed by atoms with Gasteiger partial charge >= 0.3 is 0 Å². The molecule has 0 saturated heterocycles. The maximum atomic E-state index is 5.77. The summed E-state index contributed by atoms with van der Waals surface area (Å²) < 4.78 is 1.73. The van der Waals surface area contributed by atoms with E-state index >= 15 is 0 Å². The lowest BCUT2D eigenvalue weighted by Crippen LogP contribution is -2.11. The van der Waals surface area contributed by atoms with Crippen LogP contribution in [0.5, 0.6) is 0 Å². The highest BCUT2D eigenvalue weighted by molar-refractivity contribution is 5.18. The van der Waals surface area contributed by atoms with Crippen molar-refractivity contribution in [2.45, 2.75) is 25.3 Å². The molecule has 0 saturated carbocycles. The number of nitrogens with zero attached hydrogens (tertiary/aromatic N) is 3. The van der Waals surface area contributed by atoms with Gasteiger partial charge in [-0.3, -0.25) is 4.68 Å². The van der Waals surface area contributed by atoms with E-state index in [1.54, 1.807) is 4.68 Å². The molecule has 1 aromatic heterocycles. The molecule has 0 amide bonds. The van der Waals surface area contributed by atoms with Crippen molar-refractivity contribution in [2.24, 2.45) is 12.8 Å². The molecule has 2 rings (SSSR count). The minimum Gasteiger partial charge on any atom is -0.324 e. The Labute approximate surface area is 77.4 Å². The lowest BCUT2D eigenvalue weighted by molar-refractivity contribution is 0.713. The third-order valence-corrected chi connectivity index (χ3v) is 2.31. The van der Waals surface area contributed by atoms with Gasteiger partial charge in [0.05, 0.1) is 5.69 Å². The van der Waals surface area contributed by atoms with Crippen LogP contribution in [0.25, 0.3) is 0 Å². The minimum absolute atomic E-state index is 0.256. The van der Waals surface area contributed by atoms with Crippen molar-refractivity contribution < 1.29 is 0 Å². The summed E-state index contributed by atoms with van der Waals surface area (Å²) in [4.78, 5) is 0. The van der Waals surface area contributed by atoms with Crippen molar-refractivity contribution in [1.29, 1.82) is 0 Å². The maximum absolute atomic E-state index is 5.77. The Hall–Kier alpha value is -1.16. The van der Waals surface area contributed by atoms with Gasteiger partial charge in [0.25, 0.3) is 0 Å². The molecule has 1 heterocycles. The minimum atomic E-state index is 0.256. The van der Waals surface area contributed by atoms with Crippen molar-refractivity contribution in [3.05, 3.63) is 23.5 Å². The second kappa shape index (κ2) is 3.30. The third-order valence-electron chi connectivity index (χ3n) is 2.31. The molecule has 1 aliphatic rings. The van der Waals surface area contributed by atoms with E-state index in [4.69, 9.17) is 5.73 Å². The van der Waals surface area contributed by atoms with Crippen molar-refractivity contribution >= 4 is 0 Å². The predicted molar refractivity (Wildman–Crippen MR) is 50.0 cm³/mol. The quantitative estimate of drug-likeness (QED) is 0.667. The molecule has 0 spiro atoms. The molecule has 0 bridgehead atoms. The van der Waals surface area contributed by atoms with Gasteiger partial charge in [0.2, 0.25) is 0 Å². The Morgan fingerprint density at radius 3 is 3.08 bits per heavy atom. The summed E-state index contributed by atoms with van der Waals surface area (Å²) in [5.41, 5.74) is 8.19. The molecule has 4 nitrogen and oxygen atoms in total. The van der Waals surface area contributed by atoms with Crippen molar-refractivity contribution in [1.82, 2.24) is 15.0 Å². The fraction of sp³-hybridized carbons (Fsp3) is 0.556. The Kier molecular flexibility index (Phi) is 2.14. The molecule has 0 radical (unpaired) electrons. The zero-order chi connectivity index (χ0) is 9.26. The third kappa shape index (κ3) is 1.95. The van der Waals surface area contributed by atoms with E-state index in [0.717, 1.165) is 25.0 Å². The Balaban J connectivity index is 2.02. The van der Waals surface area contributed by atoms with Crippen LogP contribution in [0.4, 0.5) is 0 Å². The van der Waals surface area contributed by atoms with Crippen LogP contribution in [0, 0.1) is 0 Å². The topological polar surface area (TPSA) is 56.7 Å². The van der Waals surface area contributed by atoms with Crippen LogP contribution in [-0.2, 0) is 13.5 Å². The molecule has 13 heavy (non-hydrogen) atoms. The summed E-state index contributed by atoms with van der Waals surface area (Å²) in [6.07, 6.45) is 7.19. The normalized spacial score (nSPS) is 22.0. The number of allylic oxidation sites excluding steroid dienone is 1. The van der Waals surface area contributed by atoms with Gasteiger partial charge < -0.3 is 5.73 Å². The zero-order valence-corrected chi connectivity index (χ0v) is 7.77. The number of aromatic nitrogens is 3. The average molecular weight is 178 g/mol. The summed E-state index contributed by atoms with van der Waals surface area (Å²) in [7, 11) is 1.88. The average Bonchev–Trinajstić information content (AvgIpc) is 2.62. The molecule has 0 aromatic carbocycles. The van der Waals surface area contributed by atoms with Gasteiger partial charge in [0.1, 0.15) is 0 Å². The number of rotatable bonds is 2. The molecule has 70 valence electrons. The van der Waals surface area contributed by atoms with Gasteiger partial charge in [-0.15, -0.1) is 5.10 Å². The Morgan fingerprint density at radius 1 is 1.69 bits per heavy atom. The first-order valence-corrected chi connectivity index (χ1v) is 4.54. The van der Waals surface area contributed by atoms with E-state index < -0.39 is 0 Å². The van der Waals surface area contributed by atoms with Crippen LogP contribution >= 0.6 is 0 Å². The summed E-state index contributed by atoms with van der Waals surface area (Å²) in [6, 6.07) is 0.256. The summed E-state index contributed by atoms with van der Waals surface area (Å²) in [5.74, 6) is 0. The predicted octanol–water partition coefficient (Wildman–Crippen LogP) is 0.405. The van der Waals surface area contributed by atoms with Gasteiger partial charge in [0.15, 0.2) is 0 Å². The van der Waals surface area contributed by atoms with E-state index in [9.17, 15) is 0 Å². The number of hydrogen-bond donors (Lipinski definition) is 1. The first-order chi connectivity index (χ1) is 6.24. The first kappa shape index (κ1) is 8.44. The second-order valence-electron chi connectivity index (χ2n) is 3.59. The summed E-state index contributed by atoms with van der Waals surface area (Å²) in [6.45, 7) is 0. The molecule has 1 aliphatic carbocycles. The standard InChI is InChI=1S/C9H14N4/c1-13-6-9(11-12-13)5-7-2-3-8(10)4-7/h4,6,8H,2-3,5,10H2,1H3. The van der Waals surface area contributed by atoms with Crippen LogP contribution < -0.4 is 5.73 Å². The molecule has 0 aliphatic heterocycles. The van der Waals surface area contributed by atoms with Gasteiger partial charge in [-0.25, -0.2) is 0 Å². The molecule has 1 aromatic rings. The van der Waals surface area contributed by atoms with E-state index in [0.29, 0.717) is 0 Å². The molecule has 2 N–H and O–H groups in total. The van der Waals surface area contributed by atoms with Gasteiger partial charge in [-0.2, -0.15) is 0 Å². The van der Waals surface area contributed by atoms with Crippen LogP contribution in [0.2, 0.25) is 0 Å². The summed E-state index contributed by atoms with van der Waals surface area (Å²) >= 11 is 0. The molecule has 4 heteroatoms. The van der Waals surface area contributed by atoms with Gasteiger partial charge in [-0.05, 0) is 12.8 Å². The molecule has 1 unspecified atom stereocenters. The lowest BCUT2D eigenvalue weighted by atomic mass is 10.1. The van der Waals surface area contributed by atoms with Gasteiger partial charge in [0, 0.05) is 25.7 Å². The van der Waals surface area contributed by atoms with Gasteiger partial charge in [-0.1, -0.05) is 16.9 Å². The van der Waals surface area contributed by atoms with E-state index in [-0.39, 0.29) is 6.04 Å². The van der Waals surface area contributed by atoms with Crippen LogP contribution in [0.3, 0.4) is 0 Å². The van der Waals surface area contributed by atoms with Crippen LogP contribution in [0.1, 0.15) is 18.5 Å². The molecule has 0 fully saturated rings. The van der Waals surface area contributed by atoms with E-state index in [1.807, 2.05) is 13.2 Å². The first-order valence-electron chi connectivity index (χ1n) is 4.54. The monoisotopic (exact) mass is 178 g/mol. The Bertz CT molecular complexity index is 326. The SMILES string of the molecule is Cn1cc(CC2=CC(N)CC2)nn1. The number of hydrogen-bond acceptors (Lipinski definition) is 3. The fourth-order valence-electron chi connectivity index (χ4n) is 1.68. The number of nitrogens with two attached hydrogens (primary N) is 1.